The maximum Gasteiger partial charge on any atom is 0.265 e. The van der Waals surface area contributed by atoms with Gasteiger partial charge in [0, 0.05) is 42.5 Å². The average molecular weight is 430 g/mol. The number of hydrogen-bond acceptors (Lipinski definition) is 5. The molecule has 6 nitrogen and oxygen atoms in total. The van der Waals surface area contributed by atoms with Crippen LogP contribution in [0, 0.1) is 6.92 Å². The Labute approximate surface area is 182 Å². The largest absolute Gasteiger partial charge is 0.481 e. The molecule has 0 bridgehead atoms. The number of halogens is 1. The quantitative estimate of drug-likeness (QED) is 0.683. The Morgan fingerprint density at radius 3 is 2.40 bits per heavy atom. The number of likely N-dealkylation sites (N-methyl/N-ethyl adjacent to an activating group) is 1. The van der Waals surface area contributed by atoms with Crippen LogP contribution in [0.25, 0.3) is 0 Å². The fourth-order valence-electron chi connectivity index (χ4n) is 3.27. The van der Waals surface area contributed by atoms with Crippen molar-refractivity contribution in [1.29, 1.82) is 0 Å². The minimum absolute atomic E-state index is 0.0901. The second-order valence-electron chi connectivity index (χ2n) is 7.74. The van der Waals surface area contributed by atoms with Crippen LogP contribution in [0.5, 0.6) is 5.75 Å². The Balaban J connectivity index is 1.52. The molecule has 1 atom stereocenters. The summed E-state index contributed by atoms with van der Waals surface area (Å²) < 4.78 is 5.75. The first-order valence-electron chi connectivity index (χ1n) is 10.1. The lowest BCUT2D eigenvalue weighted by atomic mass is 10.1. The van der Waals surface area contributed by atoms with E-state index in [2.05, 4.69) is 22.2 Å². The number of carbonyl (C=O) groups excluding carboxylic acids is 2. The fraction of sp³-hybridized carbons (Fsp3) is 0.391. The molecular formula is C23H28ClN3O3. The molecule has 0 aromatic heterocycles. The molecule has 1 heterocycles. The lowest BCUT2D eigenvalue weighted by molar-refractivity contribution is -0.122. The predicted molar refractivity (Wildman–Crippen MR) is 120 cm³/mol. The summed E-state index contributed by atoms with van der Waals surface area (Å²) in [5.41, 5.74) is 2.14. The van der Waals surface area contributed by atoms with Gasteiger partial charge in [0.1, 0.15) is 5.75 Å². The van der Waals surface area contributed by atoms with E-state index < -0.39 is 6.10 Å². The highest BCUT2D eigenvalue weighted by Crippen LogP contribution is 2.23. The summed E-state index contributed by atoms with van der Waals surface area (Å²) in [7, 11) is 2.09. The molecule has 160 valence electrons. The van der Waals surface area contributed by atoms with Gasteiger partial charge in [-0.1, -0.05) is 11.6 Å². The van der Waals surface area contributed by atoms with E-state index in [-0.39, 0.29) is 11.7 Å². The average Bonchev–Trinajstić information content (AvgIpc) is 2.72. The maximum atomic E-state index is 12.5. The molecule has 1 saturated heterocycles. The van der Waals surface area contributed by atoms with Crippen molar-refractivity contribution < 1.29 is 14.3 Å². The Bertz CT molecular complexity index is 893. The van der Waals surface area contributed by atoms with Crippen LogP contribution in [0.1, 0.15) is 22.8 Å². The summed E-state index contributed by atoms with van der Waals surface area (Å²) in [5.74, 6) is 0.445. The zero-order chi connectivity index (χ0) is 21.7. The third-order valence-electron chi connectivity index (χ3n) is 5.25. The molecule has 1 fully saturated rings. The Morgan fingerprint density at radius 2 is 1.77 bits per heavy atom. The van der Waals surface area contributed by atoms with Gasteiger partial charge in [0.25, 0.3) is 5.91 Å². The zero-order valence-electron chi connectivity index (χ0n) is 17.7. The van der Waals surface area contributed by atoms with E-state index in [9.17, 15) is 9.59 Å². The van der Waals surface area contributed by atoms with Gasteiger partial charge < -0.3 is 15.0 Å². The van der Waals surface area contributed by atoms with Crippen molar-refractivity contribution in [2.45, 2.75) is 20.0 Å². The van der Waals surface area contributed by atoms with Crippen molar-refractivity contribution in [3.05, 3.63) is 58.6 Å². The summed E-state index contributed by atoms with van der Waals surface area (Å²) in [5, 5.41) is 3.45. The molecule has 1 amide bonds. The molecule has 0 saturated carbocycles. The number of anilines is 1. The third kappa shape index (κ3) is 6.05. The minimum atomic E-state index is -0.677. The number of nitrogens with zero attached hydrogens (tertiary/aromatic N) is 2. The second kappa shape index (κ2) is 10.1. The van der Waals surface area contributed by atoms with E-state index in [0.717, 1.165) is 31.7 Å². The summed E-state index contributed by atoms with van der Waals surface area (Å²) in [6.07, 6.45) is -0.677. The number of rotatable bonds is 7. The van der Waals surface area contributed by atoms with Crippen molar-refractivity contribution in [2.24, 2.45) is 0 Å². The van der Waals surface area contributed by atoms with Gasteiger partial charge in [-0.15, -0.1) is 0 Å². The molecule has 0 aliphatic carbocycles. The molecule has 0 spiro atoms. The molecule has 30 heavy (non-hydrogen) atoms. The number of ether oxygens (including phenoxy) is 1. The number of amides is 1. The normalized spacial score (nSPS) is 16.1. The number of benzene rings is 2. The van der Waals surface area contributed by atoms with E-state index in [1.54, 1.807) is 49.4 Å². The monoisotopic (exact) mass is 429 g/mol. The van der Waals surface area contributed by atoms with Crippen molar-refractivity contribution in [3.8, 4) is 5.75 Å². The molecule has 1 aliphatic rings. The number of hydrogen-bond donors (Lipinski definition) is 1. The number of ketones is 1. The van der Waals surface area contributed by atoms with Gasteiger partial charge in [0.15, 0.2) is 11.9 Å². The molecule has 3 rings (SSSR count). The smallest absolute Gasteiger partial charge is 0.265 e. The highest BCUT2D eigenvalue weighted by atomic mass is 35.5. The van der Waals surface area contributed by atoms with Gasteiger partial charge in [-0.05, 0) is 68.9 Å². The number of aryl methyl sites for hydroxylation is 1. The van der Waals surface area contributed by atoms with Crippen molar-refractivity contribution in [1.82, 2.24) is 9.80 Å². The first-order valence-corrected chi connectivity index (χ1v) is 10.5. The molecule has 2 aromatic carbocycles. The second-order valence-corrected chi connectivity index (χ2v) is 8.18. The number of carbonyl (C=O) groups is 2. The van der Waals surface area contributed by atoms with E-state index in [4.69, 9.17) is 16.3 Å². The van der Waals surface area contributed by atoms with Crippen LogP contribution < -0.4 is 10.1 Å². The van der Waals surface area contributed by atoms with Crippen LogP contribution in [0.15, 0.2) is 42.5 Å². The maximum absolute atomic E-state index is 12.5. The zero-order valence-corrected chi connectivity index (χ0v) is 18.4. The van der Waals surface area contributed by atoms with E-state index in [1.807, 2.05) is 6.92 Å². The first-order chi connectivity index (χ1) is 14.3. The summed E-state index contributed by atoms with van der Waals surface area (Å²) >= 11 is 5.96. The Hall–Kier alpha value is -2.41. The van der Waals surface area contributed by atoms with Crippen LogP contribution in [0.4, 0.5) is 5.69 Å². The van der Waals surface area contributed by atoms with E-state index in [1.165, 1.54) is 0 Å². The van der Waals surface area contributed by atoms with Crippen LogP contribution in [0.3, 0.4) is 0 Å². The summed E-state index contributed by atoms with van der Waals surface area (Å²) in [6, 6.07) is 12.3. The molecule has 1 unspecified atom stereocenters. The highest BCUT2D eigenvalue weighted by molar-refractivity contribution is 6.30. The van der Waals surface area contributed by atoms with Crippen LogP contribution in [-0.2, 0) is 4.79 Å². The van der Waals surface area contributed by atoms with Gasteiger partial charge in [-0.3, -0.25) is 14.5 Å². The standard InChI is InChI=1S/C23H28ClN3O3/c1-16-14-19(24)6-9-22(16)30-17(2)23(29)25-20-7-4-18(5-8-20)21(28)15-27-12-10-26(3)11-13-27/h4-9,14,17H,10-13,15H2,1-3H3,(H,25,29). The molecule has 1 aliphatic heterocycles. The number of Topliss-reactive ketones (excluding diaryl/α,β-unsaturated/α-hetero) is 1. The molecular weight excluding hydrogens is 402 g/mol. The topological polar surface area (TPSA) is 61.9 Å². The van der Waals surface area contributed by atoms with Crippen LogP contribution in [-0.4, -0.2) is 67.4 Å². The van der Waals surface area contributed by atoms with Crippen molar-refractivity contribution >= 4 is 29.0 Å². The lowest BCUT2D eigenvalue weighted by Gasteiger charge is -2.31. The molecule has 7 heteroatoms. The van der Waals surface area contributed by atoms with Crippen LogP contribution >= 0.6 is 11.6 Å². The van der Waals surface area contributed by atoms with Gasteiger partial charge in [-0.25, -0.2) is 0 Å². The molecule has 1 N–H and O–H groups in total. The SMILES string of the molecule is Cc1cc(Cl)ccc1OC(C)C(=O)Nc1ccc(C(=O)CN2CCN(C)CC2)cc1. The predicted octanol–water partition coefficient (Wildman–Crippen LogP) is 3.48. The summed E-state index contributed by atoms with van der Waals surface area (Å²) in [6.45, 7) is 7.76. The fourth-order valence-corrected chi connectivity index (χ4v) is 3.50. The van der Waals surface area contributed by atoms with Gasteiger partial charge in [0.05, 0.1) is 6.54 Å². The van der Waals surface area contributed by atoms with E-state index >= 15 is 0 Å². The Kier molecular flexibility index (Phi) is 7.48. The van der Waals surface area contributed by atoms with Gasteiger partial charge in [0.2, 0.25) is 0 Å². The minimum Gasteiger partial charge on any atom is -0.481 e. The van der Waals surface area contributed by atoms with Crippen LogP contribution in [0.2, 0.25) is 5.02 Å². The highest BCUT2D eigenvalue weighted by Gasteiger charge is 2.18. The third-order valence-corrected chi connectivity index (χ3v) is 5.48. The first kappa shape index (κ1) is 22.3. The van der Waals surface area contributed by atoms with E-state index in [0.29, 0.717) is 28.6 Å². The molecule has 2 aromatic rings. The lowest BCUT2D eigenvalue weighted by Crippen LogP contribution is -2.46. The van der Waals surface area contributed by atoms with Gasteiger partial charge in [-0.2, -0.15) is 0 Å². The Morgan fingerprint density at radius 1 is 1.10 bits per heavy atom. The number of nitrogens with one attached hydrogen (secondary N) is 1. The molecule has 0 radical (unpaired) electrons. The van der Waals surface area contributed by atoms with Crippen molar-refractivity contribution in [3.63, 3.8) is 0 Å². The van der Waals surface area contributed by atoms with Crippen molar-refractivity contribution in [2.75, 3.05) is 45.1 Å². The van der Waals surface area contributed by atoms with Gasteiger partial charge >= 0.3 is 0 Å². The number of piperazine rings is 1. The summed E-state index contributed by atoms with van der Waals surface area (Å²) in [4.78, 5) is 29.4.